The lowest BCUT2D eigenvalue weighted by Crippen LogP contribution is -2.45. The molecule has 2 aromatic rings. The number of thiazole rings is 1. The molecule has 1 unspecified atom stereocenters. The fourth-order valence-corrected chi connectivity index (χ4v) is 7.18. The van der Waals surface area contributed by atoms with Gasteiger partial charge in [0, 0.05) is 38.6 Å². The van der Waals surface area contributed by atoms with Crippen LogP contribution in [0.15, 0.2) is 27.9 Å². The number of likely N-dealkylation sites (N-methyl/N-ethyl adjacent to an activating group) is 1. The highest BCUT2D eigenvalue weighted by Gasteiger charge is 2.33. The quantitative estimate of drug-likeness (QED) is 0.698. The van der Waals surface area contributed by atoms with E-state index in [1.54, 1.807) is 25.2 Å². The number of aromatic nitrogens is 1. The van der Waals surface area contributed by atoms with Gasteiger partial charge in [0.15, 0.2) is 0 Å². The van der Waals surface area contributed by atoms with Crippen molar-refractivity contribution >= 4 is 37.5 Å². The Kier molecular flexibility index (Phi) is 6.52. The van der Waals surface area contributed by atoms with E-state index in [0.717, 1.165) is 36.4 Å². The Bertz CT molecular complexity index is 1120. The molecule has 0 bridgehead atoms. The number of rotatable bonds is 6. The van der Waals surface area contributed by atoms with Crippen molar-refractivity contribution in [3.05, 3.63) is 27.9 Å². The molecule has 2 fully saturated rings. The van der Waals surface area contributed by atoms with Crippen LogP contribution in [-0.2, 0) is 21.9 Å². The van der Waals surface area contributed by atoms with Crippen LogP contribution < -0.4 is 10.2 Å². The summed E-state index contributed by atoms with van der Waals surface area (Å²) in [5.41, 5.74) is 0.730. The molecular weight excluding hydrogens is 436 g/mol. The van der Waals surface area contributed by atoms with E-state index >= 15 is 0 Å². The van der Waals surface area contributed by atoms with Crippen LogP contribution in [-0.4, -0.2) is 66.9 Å². The smallest absolute Gasteiger partial charge is 0.307 e. The lowest BCUT2D eigenvalue weighted by Gasteiger charge is -2.31. The first kappa shape index (κ1) is 22.4. The molecule has 0 radical (unpaired) electrons. The molecular formula is C21H30N4O4S2. The van der Waals surface area contributed by atoms with Crippen LogP contribution in [0.25, 0.3) is 10.2 Å². The van der Waals surface area contributed by atoms with Gasteiger partial charge in [-0.15, -0.1) is 0 Å². The highest BCUT2D eigenvalue weighted by Crippen LogP contribution is 2.27. The molecule has 0 saturated carbocycles. The summed E-state index contributed by atoms with van der Waals surface area (Å²) in [6.45, 7) is 5.57. The number of piperidine rings is 1. The Morgan fingerprint density at radius 3 is 2.65 bits per heavy atom. The Morgan fingerprint density at radius 1 is 1.19 bits per heavy atom. The lowest BCUT2D eigenvalue weighted by atomic mass is 9.97. The molecule has 1 amide bonds. The van der Waals surface area contributed by atoms with Crippen LogP contribution in [0.4, 0.5) is 0 Å². The normalized spacial score (nSPS) is 21.7. The molecule has 2 saturated heterocycles. The summed E-state index contributed by atoms with van der Waals surface area (Å²) >= 11 is 1.05. The van der Waals surface area contributed by atoms with Gasteiger partial charge in [0.1, 0.15) is 0 Å². The third-order valence-electron chi connectivity index (χ3n) is 6.64. The third-order valence-corrected chi connectivity index (χ3v) is 9.53. The number of benzene rings is 1. The van der Waals surface area contributed by atoms with Crippen molar-refractivity contribution in [2.45, 2.75) is 43.5 Å². The highest BCUT2D eigenvalue weighted by atomic mass is 32.2. The average molecular weight is 467 g/mol. The van der Waals surface area contributed by atoms with Crippen molar-refractivity contribution < 1.29 is 13.2 Å². The second-order valence-corrected chi connectivity index (χ2v) is 11.3. The first-order valence-corrected chi connectivity index (χ1v) is 13.2. The van der Waals surface area contributed by atoms with Gasteiger partial charge in [-0.1, -0.05) is 18.3 Å². The van der Waals surface area contributed by atoms with Gasteiger partial charge in [-0.3, -0.25) is 14.5 Å². The molecule has 8 nitrogen and oxygen atoms in total. The van der Waals surface area contributed by atoms with Gasteiger partial charge in [-0.2, -0.15) is 4.31 Å². The molecule has 2 aliphatic rings. The molecule has 1 aromatic heterocycles. The molecule has 0 spiro atoms. The zero-order chi connectivity index (χ0) is 22.2. The zero-order valence-corrected chi connectivity index (χ0v) is 19.7. The van der Waals surface area contributed by atoms with Crippen LogP contribution in [0.1, 0.15) is 32.6 Å². The minimum absolute atomic E-state index is 0.0375. The molecule has 1 N–H and O–H groups in total. The predicted octanol–water partition coefficient (Wildman–Crippen LogP) is 1.60. The van der Waals surface area contributed by atoms with E-state index in [0.29, 0.717) is 43.2 Å². The number of nitrogens with zero attached hydrogens (tertiary/aromatic N) is 3. The maximum atomic E-state index is 13.1. The Morgan fingerprint density at radius 2 is 1.94 bits per heavy atom. The van der Waals surface area contributed by atoms with E-state index in [1.807, 2.05) is 0 Å². The Balaban J connectivity index is 1.36. The highest BCUT2D eigenvalue weighted by molar-refractivity contribution is 7.89. The number of hydrogen-bond acceptors (Lipinski definition) is 6. The molecule has 2 aliphatic heterocycles. The largest absolute Gasteiger partial charge is 0.354 e. The summed E-state index contributed by atoms with van der Waals surface area (Å²) in [7, 11) is -1.97. The van der Waals surface area contributed by atoms with Crippen molar-refractivity contribution in [1.29, 1.82) is 0 Å². The summed E-state index contributed by atoms with van der Waals surface area (Å²) in [5.74, 6) is -0.111. The molecule has 170 valence electrons. The number of hydrogen-bond donors (Lipinski definition) is 1. The maximum absolute atomic E-state index is 13.1. The van der Waals surface area contributed by atoms with Gasteiger partial charge in [-0.05, 0) is 57.0 Å². The number of carbonyl (C=O) groups excluding carboxylic acids is 1. The monoisotopic (exact) mass is 466 g/mol. The summed E-state index contributed by atoms with van der Waals surface area (Å²) in [5, 5.41) is 3.09. The molecule has 0 aliphatic carbocycles. The van der Waals surface area contributed by atoms with Gasteiger partial charge in [-0.25, -0.2) is 8.42 Å². The second kappa shape index (κ2) is 9.01. The van der Waals surface area contributed by atoms with Gasteiger partial charge >= 0.3 is 4.87 Å². The number of carbonyl (C=O) groups is 1. The van der Waals surface area contributed by atoms with Crippen LogP contribution in [0.2, 0.25) is 0 Å². The molecule has 31 heavy (non-hydrogen) atoms. The average Bonchev–Trinajstić information content (AvgIpc) is 3.35. The van der Waals surface area contributed by atoms with Crippen LogP contribution in [0.5, 0.6) is 0 Å². The minimum Gasteiger partial charge on any atom is -0.354 e. The Labute approximate surface area is 186 Å². The number of aryl methyl sites for hydroxylation is 1. The number of fused-ring (bicyclic) bond motifs is 1. The lowest BCUT2D eigenvalue weighted by molar-refractivity contribution is -0.126. The summed E-state index contributed by atoms with van der Waals surface area (Å²) in [4.78, 5) is 27.0. The van der Waals surface area contributed by atoms with E-state index in [4.69, 9.17) is 0 Å². The first-order valence-electron chi connectivity index (χ1n) is 10.9. The van der Waals surface area contributed by atoms with Crippen LogP contribution >= 0.6 is 11.3 Å². The molecule has 10 heteroatoms. The fraction of sp³-hybridized carbons (Fsp3) is 0.619. The van der Waals surface area contributed by atoms with E-state index in [2.05, 4.69) is 17.1 Å². The van der Waals surface area contributed by atoms with Crippen molar-refractivity contribution in [3.63, 3.8) is 0 Å². The molecule has 4 rings (SSSR count). The van der Waals surface area contributed by atoms with Crippen molar-refractivity contribution in [3.8, 4) is 0 Å². The van der Waals surface area contributed by atoms with Crippen molar-refractivity contribution in [2.24, 2.45) is 13.0 Å². The summed E-state index contributed by atoms with van der Waals surface area (Å²) in [6.07, 6.45) is 3.34. The summed E-state index contributed by atoms with van der Waals surface area (Å²) < 4.78 is 29.9. The van der Waals surface area contributed by atoms with Gasteiger partial charge in [0.2, 0.25) is 15.9 Å². The number of amides is 1. The number of likely N-dealkylation sites (tertiary alicyclic amines) is 1. The standard InChI is InChI=1S/C21H30N4O4S2/c1-3-24-10-4-5-16(24)14-22-20(26)15-8-11-25(12-9-15)31(28,29)17-6-7-18-19(13-17)30-21(27)23(18)2/h6-7,13,15-16H,3-5,8-12,14H2,1-2H3,(H,22,26). The molecule has 1 aromatic carbocycles. The zero-order valence-electron chi connectivity index (χ0n) is 18.0. The molecule has 3 heterocycles. The topological polar surface area (TPSA) is 91.7 Å². The SMILES string of the molecule is CCN1CCCC1CNC(=O)C1CCN(S(=O)(=O)c2ccc3c(c2)sc(=O)n3C)CC1. The van der Waals surface area contributed by atoms with Crippen molar-refractivity contribution in [1.82, 2.24) is 19.1 Å². The van der Waals surface area contributed by atoms with Crippen LogP contribution in [0, 0.1) is 5.92 Å². The summed E-state index contributed by atoms with van der Waals surface area (Å²) in [6, 6.07) is 5.24. The van der Waals surface area contributed by atoms with E-state index in [1.165, 1.54) is 15.3 Å². The van der Waals surface area contributed by atoms with Gasteiger partial charge in [0.05, 0.1) is 15.1 Å². The molecule has 1 atom stereocenters. The predicted molar refractivity (Wildman–Crippen MR) is 122 cm³/mol. The van der Waals surface area contributed by atoms with E-state index in [-0.39, 0.29) is 21.6 Å². The van der Waals surface area contributed by atoms with E-state index < -0.39 is 10.0 Å². The maximum Gasteiger partial charge on any atom is 0.307 e. The van der Waals surface area contributed by atoms with E-state index in [9.17, 15) is 18.0 Å². The van der Waals surface area contributed by atoms with Gasteiger partial charge in [0.25, 0.3) is 0 Å². The van der Waals surface area contributed by atoms with Gasteiger partial charge < -0.3 is 9.88 Å². The van der Waals surface area contributed by atoms with Crippen LogP contribution in [0.3, 0.4) is 0 Å². The second-order valence-electron chi connectivity index (χ2n) is 8.40. The number of nitrogens with one attached hydrogen (secondary N) is 1. The first-order chi connectivity index (χ1) is 14.8. The Hall–Kier alpha value is -1.75. The third kappa shape index (κ3) is 4.44. The minimum atomic E-state index is -3.65. The fourth-order valence-electron chi connectivity index (χ4n) is 4.69. The number of sulfonamides is 1. The van der Waals surface area contributed by atoms with Crippen molar-refractivity contribution in [2.75, 3.05) is 32.7 Å².